The molecule has 2 aromatic rings. The number of hydrogen-bond acceptors (Lipinski definition) is 4. The van der Waals surface area contributed by atoms with Gasteiger partial charge in [0.2, 0.25) is 0 Å². The Hall–Kier alpha value is -1.75. The number of nitrogens with one attached hydrogen (secondary N) is 1. The molecule has 0 aliphatic carbocycles. The van der Waals surface area contributed by atoms with Crippen molar-refractivity contribution in [3.63, 3.8) is 0 Å². The average molecular weight is 217 g/mol. The van der Waals surface area contributed by atoms with E-state index in [1.807, 2.05) is 12.3 Å². The smallest absolute Gasteiger partial charge is 0.150 e. The maximum Gasteiger partial charge on any atom is 0.150 e. The van der Waals surface area contributed by atoms with E-state index in [9.17, 15) is 0 Å². The fraction of sp³-hybridized carbons (Fsp3) is 0.364. The highest BCUT2D eigenvalue weighted by Crippen LogP contribution is 2.21. The third kappa shape index (κ3) is 2.64. The van der Waals surface area contributed by atoms with Crippen LogP contribution < -0.4 is 5.73 Å². The Morgan fingerprint density at radius 1 is 1.44 bits per heavy atom. The van der Waals surface area contributed by atoms with E-state index in [2.05, 4.69) is 26.2 Å². The highest BCUT2D eigenvalue weighted by atomic mass is 15.2. The van der Waals surface area contributed by atoms with Gasteiger partial charge in [-0.2, -0.15) is 5.10 Å². The Morgan fingerprint density at radius 2 is 2.38 bits per heavy atom. The summed E-state index contributed by atoms with van der Waals surface area (Å²) in [7, 11) is 0. The molecular weight excluding hydrogens is 202 g/mol. The van der Waals surface area contributed by atoms with E-state index in [-0.39, 0.29) is 0 Å². The highest BCUT2D eigenvalue weighted by molar-refractivity contribution is 5.16. The molecule has 2 aromatic heterocycles. The predicted molar refractivity (Wildman–Crippen MR) is 60.7 cm³/mol. The molecule has 0 saturated heterocycles. The minimum absolute atomic E-state index is 0.342. The molecule has 5 nitrogen and oxygen atoms in total. The molecular formula is C11H15N5. The van der Waals surface area contributed by atoms with Gasteiger partial charge in [-0.25, -0.2) is 4.98 Å². The van der Waals surface area contributed by atoms with Crippen LogP contribution in [-0.4, -0.2) is 26.7 Å². The van der Waals surface area contributed by atoms with E-state index >= 15 is 0 Å². The number of pyridine rings is 1. The minimum Gasteiger partial charge on any atom is -0.330 e. The minimum atomic E-state index is 0.342. The van der Waals surface area contributed by atoms with E-state index in [1.54, 1.807) is 12.5 Å². The Balaban J connectivity index is 2.11. The summed E-state index contributed by atoms with van der Waals surface area (Å²) < 4.78 is 0. The van der Waals surface area contributed by atoms with Crippen molar-refractivity contribution in [3.8, 4) is 0 Å². The first-order chi connectivity index (χ1) is 7.90. The molecule has 5 heteroatoms. The van der Waals surface area contributed by atoms with Crippen molar-refractivity contribution in [2.75, 3.05) is 6.54 Å². The summed E-state index contributed by atoms with van der Waals surface area (Å²) >= 11 is 0. The van der Waals surface area contributed by atoms with Gasteiger partial charge in [0.15, 0.2) is 5.82 Å². The summed E-state index contributed by atoms with van der Waals surface area (Å²) in [5.41, 5.74) is 6.82. The molecule has 0 aliphatic rings. The lowest BCUT2D eigenvalue weighted by Gasteiger charge is -2.13. The van der Waals surface area contributed by atoms with Crippen LogP contribution in [0.5, 0.6) is 0 Å². The molecule has 0 fully saturated rings. The van der Waals surface area contributed by atoms with E-state index in [0.717, 1.165) is 18.7 Å². The number of rotatable bonds is 5. The van der Waals surface area contributed by atoms with Crippen LogP contribution in [0, 0.1) is 0 Å². The van der Waals surface area contributed by atoms with Crippen LogP contribution in [0.1, 0.15) is 23.7 Å². The van der Waals surface area contributed by atoms with Crippen LogP contribution in [-0.2, 0) is 6.42 Å². The van der Waals surface area contributed by atoms with Crippen molar-refractivity contribution in [1.29, 1.82) is 0 Å². The van der Waals surface area contributed by atoms with Gasteiger partial charge in [0.1, 0.15) is 6.33 Å². The van der Waals surface area contributed by atoms with Gasteiger partial charge in [0.05, 0.1) is 0 Å². The molecule has 84 valence electrons. The van der Waals surface area contributed by atoms with Crippen molar-refractivity contribution in [3.05, 3.63) is 42.2 Å². The van der Waals surface area contributed by atoms with Gasteiger partial charge in [0.25, 0.3) is 0 Å². The third-order valence-electron chi connectivity index (χ3n) is 2.56. The maximum absolute atomic E-state index is 5.63. The molecule has 0 amide bonds. The van der Waals surface area contributed by atoms with Crippen molar-refractivity contribution >= 4 is 0 Å². The molecule has 1 atom stereocenters. The first-order valence-corrected chi connectivity index (χ1v) is 5.35. The van der Waals surface area contributed by atoms with Gasteiger partial charge in [0, 0.05) is 18.8 Å². The molecule has 2 rings (SSSR count). The van der Waals surface area contributed by atoms with Crippen LogP contribution in [0.3, 0.4) is 0 Å². The topological polar surface area (TPSA) is 80.5 Å². The van der Waals surface area contributed by atoms with Crippen molar-refractivity contribution in [2.24, 2.45) is 5.73 Å². The summed E-state index contributed by atoms with van der Waals surface area (Å²) in [6.07, 6.45) is 6.97. The standard InChI is InChI=1S/C11H15N5/c12-4-3-9(6-11-14-8-15-16-11)10-2-1-5-13-7-10/h1-2,5,7-9H,3-4,6,12H2,(H,14,15,16). The molecule has 3 N–H and O–H groups in total. The second kappa shape index (κ2) is 5.37. The molecule has 2 heterocycles. The van der Waals surface area contributed by atoms with E-state index in [1.165, 1.54) is 5.56 Å². The van der Waals surface area contributed by atoms with Crippen LogP contribution in [0.4, 0.5) is 0 Å². The highest BCUT2D eigenvalue weighted by Gasteiger charge is 2.13. The number of nitrogens with two attached hydrogens (primary N) is 1. The number of H-pyrrole nitrogens is 1. The third-order valence-corrected chi connectivity index (χ3v) is 2.56. The monoisotopic (exact) mass is 217 g/mol. The van der Waals surface area contributed by atoms with E-state index < -0.39 is 0 Å². The predicted octanol–water partition coefficient (Wildman–Crippen LogP) is 0.875. The summed E-state index contributed by atoms with van der Waals surface area (Å²) in [5.74, 6) is 1.16. The van der Waals surface area contributed by atoms with Gasteiger partial charge in [-0.15, -0.1) is 0 Å². The van der Waals surface area contributed by atoms with Crippen molar-refractivity contribution in [2.45, 2.75) is 18.8 Å². The zero-order chi connectivity index (χ0) is 11.2. The summed E-state index contributed by atoms with van der Waals surface area (Å²) in [6.45, 7) is 0.657. The van der Waals surface area contributed by atoms with Gasteiger partial charge in [-0.05, 0) is 30.5 Å². The summed E-state index contributed by atoms with van der Waals surface area (Å²) in [6, 6.07) is 4.01. The molecule has 0 spiro atoms. The number of aromatic nitrogens is 4. The van der Waals surface area contributed by atoms with Crippen molar-refractivity contribution in [1.82, 2.24) is 20.2 Å². The van der Waals surface area contributed by atoms with Gasteiger partial charge in [-0.1, -0.05) is 6.07 Å². The van der Waals surface area contributed by atoms with Crippen LogP contribution in [0.15, 0.2) is 30.9 Å². The molecule has 1 unspecified atom stereocenters. The fourth-order valence-electron chi connectivity index (χ4n) is 1.76. The van der Waals surface area contributed by atoms with E-state index in [4.69, 9.17) is 5.73 Å². The number of nitrogens with zero attached hydrogens (tertiary/aromatic N) is 3. The molecule has 0 saturated carbocycles. The lowest BCUT2D eigenvalue weighted by atomic mass is 9.93. The quantitative estimate of drug-likeness (QED) is 0.779. The number of aromatic amines is 1. The van der Waals surface area contributed by atoms with Gasteiger partial charge < -0.3 is 5.73 Å². The molecule has 0 aliphatic heterocycles. The Morgan fingerprint density at radius 3 is 3.00 bits per heavy atom. The lowest BCUT2D eigenvalue weighted by Crippen LogP contribution is -2.11. The van der Waals surface area contributed by atoms with Crippen LogP contribution in [0.25, 0.3) is 0 Å². The second-order valence-corrected chi connectivity index (χ2v) is 3.68. The van der Waals surface area contributed by atoms with Crippen molar-refractivity contribution < 1.29 is 0 Å². The lowest BCUT2D eigenvalue weighted by molar-refractivity contribution is 0.610. The van der Waals surface area contributed by atoms with Crippen LogP contribution in [0.2, 0.25) is 0 Å². The summed E-state index contributed by atoms with van der Waals surface area (Å²) in [5, 5.41) is 6.79. The SMILES string of the molecule is NCCC(Cc1nc[nH]n1)c1cccnc1. The van der Waals surface area contributed by atoms with Crippen LogP contribution >= 0.6 is 0 Å². The first-order valence-electron chi connectivity index (χ1n) is 5.35. The zero-order valence-corrected chi connectivity index (χ0v) is 9.00. The Labute approximate surface area is 94.1 Å². The number of hydrogen-bond donors (Lipinski definition) is 2. The van der Waals surface area contributed by atoms with Gasteiger partial charge >= 0.3 is 0 Å². The summed E-state index contributed by atoms with van der Waals surface area (Å²) in [4.78, 5) is 8.26. The molecule has 0 bridgehead atoms. The Bertz CT molecular complexity index is 398. The molecule has 0 radical (unpaired) electrons. The normalized spacial score (nSPS) is 12.6. The molecule has 16 heavy (non-hydrogen) atoms. The average Bonchev–Trinajstić information content (AvgIpc) is 2.83. The van der Waals surface area contributed by atoms with Gasteiger partial charge in [-0.3, -0.25) is 10.1 Å². The maximum atomic E-state index is 5.63. The molecule has 0 aromatic carbocycles. The fourth-order valence-corrected chi connectivity index (χ4v) is 1.76. The second-order valence-electron chi connectivity index (χ2n) is 3.68. The van der Waals surface area contributed by atoms with E-state index in [0.29, 0.717) is 12.5 Å². The zero-order valence-electron chi connectivity index (χ0n) is 9.00. The first kappa shape index (κ1) is 10.8. The Kier molecular flexibility index (Phi) is 3.61. The largest absolute Gasteiger partial charge is 0.330 e.